The summed E-state index contributed by atoms with van der Waals surface area (Å²) < 4.78 is 31.3. The number of halogens is 2. The molecule has 0 aliphatic heterocycles. The molecule has 0 saturated heterocycles. The number of ether oxygens (including phenoxy) is 1. The van der Waals surface area contributed by atoms with Gasteiger partial charge in [-0.25, -0.2) is 8.42 Å². The number of hydrogen-bond donors (Lipinski definition) is 1. The van der Waals surface area contributed by atoms with E-state index in [1.165, 1.54) is 16.3 Å². The van der Waals surface area contributed by atoms with Crippen LogP contribution < -0.4 is 14.4 Å². The molecular weight excluding hydrogens is 513 g/mol. The number of likely N-dealkylation sites (N-methyl/N-ethyl adjacent to an activating group) is 1. The topological polar surface area (TPSA) is 96.0 Å². The van der Waals surface area contributed by atoms with Crippen LogP contribution in [-0.4, -0.2) is 57.6 Å². The minimum atomic E-state index is -3.60. The Bertz CT molecular complexity index is 1120. The van der Waals surface area contributed by atoms with Crippen molar-refractivity contribution in [3.63, 3.8) is 0 Å². The Kier molecular flexibility index (Phi) is 10.7. The second-order valence-electron chi connectivity index (χ2n) is 7.93. The Hall–Kier alpha value is -2.49. The first-order chi connectivity index (χ1) is 16.5. The number of anilines is 1. The Morgan fingerprint density at radius 1 is 1.11 bits per heavy atom. The standard InChI is InChI=1S/C24H31Cl2N3O5S/c1-5-27-24(31)17(2)28(16-20-21(25)11-7-12-22(20)26)23(30)13-8-14-29(35(4,32)33)18-9-6-10-19(15-18)34-3/h6-7,9-12,15,17H,5,8,13-14,16H2,1-4H3,(H,27,31)/t17-/m1/s1. The number of nitrogens with zero attached hydrogens (tertiary/aromatic N) is 2. The lowest BCUT2D eigenvalue weighted by atomic mass is 10.1. The van der Waals surface area contributed by atoms with Gasteiger partial charge < -0.3 is 15.0 Å². The van der Waals surface area contributed by atoms with Gasteiger partial charge in [0.1, 0.15) is 11.8 Å². The van der Waals surface area contributed by atoms with Crippen LogP contribution in [0.15, 0.2) is 42.5 Å². The lowest BCUT2D eigenvalue weighted by Gasteiger charge is -2.30. The maximum atomic E-state index is 13.3. The van der Waals surface area contributed by atoms with Crippen LogP contribution in [-0.2, 0) is 26.2 Å². The summed E-state index contributed by atoms with van der Waals surface area (Å²) >= 11 is 12.6. The lowest BCUT2D eigenvalue weighted by molar-refractivity contribution is -0.140. The Balaban J connectivity index is 2.22. The van der Waals surface area contributed by atoms with Gasteiger partial charge in [-0.3, -0.25) is 13.9 Å². The molecule has 0 unspecified atom stereocenters. The monoisotopic (exact) mass is 543 g/mol. The first kappa shape index (κ1) is 28.7. The van der Waals surface area contributed by atoms with Crippen molar-refractivity contribution in [3.05, 3.63) is 58.1 Å². The average Bonchev–Trinajstić information content (AvgIpc) is 2.80. The van der Waals surface area contributed by atoms with Gasteiger partial charge in [0.15, 0.2) is 0 Å². The third-order valence-corrected chi connectivity index (χ3v) is 7.30. The van der Waals surface area contributed by atoms with Gasteiger partial charge in [-0.15, -0.1) is 0 Å². The highest BCUT2D eigenvalue weighted by Gasteiger charge is 2.27. The molecule has 0 fully saturated rings. The summed E-state index contributed by atoms with van der Waals surface area (Å²) in [6, 6.07) is 10.9. The van der Waals surface area contributed by atoms with E-state index in [1.54, 1.807) is 56.3 Å². The number of sulfonamides is 1. The second-order valence-corrected chi connectivity index (χ2v) is 10.7. The number of nitrogens with one attached hydrogen (secondary N) is 1. The zero-order valence-corrected chi connectivity index (χ0v) is 22.6. The molecule has 0 saturated carbocycles. The van der Waals surface area contributed by atoms with Crippen LogP contribution in [0.5, 0.6) is 5.75 Å². The molecule has 0 aliphatic carbocycles. The molecular formula is C24H31Cl2N3O5S. The lowest BCUT2D eigenvalue weighted by Crippen LogP contribution is -2.47. The number of carbonyl (C=O) groups is 2. The zero-order chi connectivity index (χ0) is 26.2. The smallest absolute Gasteiger partial charge is 0.242 e. The quantitative estimate of drug-likeness (QED) is 0.434. The van der Waals surface area contributed by atoms with Crippen LogP contribution in [0.25, 0.3) is 0 Å². The van der Waals surface area contributed by atoms with E-state index in [9.17, 15) is 18.0 Å². The summed E-state index contributed by atoms with van der Waals surface area (Å²) in [4.78, 5) is 27.2. The summed E-state index contributed by atoms with van der Waals surface area (Å²) in [5.41, 5.74) is 0.976. The molecule has 0 bridgehead atoms. The third kappa shape index (κ3) is 8.02. The first-order valence-corrected chi connectivity index (χ1v) is 13.7. The van der Waals surface area contributed by atoms with Gasteiger partial charge in [-0.1, -0.05) is 35.3 Å². The molecule has 2 aromatic rings. The summed E-state index contributed by atoms with van der Waals surface area (Å²) in [5.74, 6) is -0.109. The van der Waals surface area contributed by atoms with E-state index in [1.807, 2.05) is 0 Å². The van der Waals surface area contributed by atoms with Crippen molar-refractivity contribution in [2.75, 3.05) is 30.8 Å². The Morgan fingerprint density at radius 3 is 2.31 bits per heavy atom. The first-order valence-electron chi connectivity index (χ1n) is 11.1. The van der Waals surface area contributed by atoms with Crippen molar-refractivity contribution >= 4 is 50.7 Å². The Morgan fingerprint density at radius 2 is 1.74 bits per heavy atom. The van der Waals surface area contributed by atoms with Crippen LogP contribution in [0.3, 0.4) is 0 Å². The highest BCUT2D eigenvalue weighted by atomic mass is 35.5. The number of hydrogen-bond acceptors (Lipinski definition) is 5. The molecule has 0 heterocycles. The average molecular weight is 545 g/mol. The predicted octanol–water partition coefficient (Wildman–Crippen LogP) is 4.10. The van der Waals surface area contributed by atoms with Crippen molar-refractivity contribution < 1.29 is 22.7 Å². The molecule has 8 nitrogen and oxygen atoms in total. The molecule has 2 amide bonds. The molecule has 0 aliphatic rings. The van der Waals surface area contributed by atoms with E-state index in [0.717, 1.165) is 6.26 Å². The van der Waals surface area contributed by atoms with E-state index in [4.69, 9.17) is 27.9 Å². The summed E-state index contributed by atoms with van der Waals surface area (Å²) in [6.07, 6.45) is 1.36. The number of carbonyl (C=O) groups excluding carboxylic acids is 2. The van der Waals surface area contributed by atoms with Crippen LogP contribution in [0, 0.1) is 0 Å². The second kappa shape index (κ2) is 13.0. The van der Waals surface area contributed by atoms with E-state index >= 15 is 0 Å². The molecule has 35 heavy (non-hydrogen) atoms. The predicted molar refractivity (Wildman–Crippen MR) is 140 cm³/mol. The summed E-state index contributed by atoms with van der Waals surface area (Å²) in [7, 11) is -2.11. The van der Waals surface area contributed by atoms with Gasteiger partial charge in [-0.2, -0.15) is 0 Å². The van der Waals surface area contributed by atoms with Gasteiger partial charge in [0.2, 0.25) is 21.8 Å². The molecule has 192 valence electrons. The van der Waals surface area contributed by atoms with Crippen molar-refractivity contribution in [1.82, 2.24) is 10.2 Å². The fraction of sp³-hybridized carbons (Fsp3) is 0.417. The van der Waals surface area contributed by atoms with Crippen LogP contribution in [0.2, 0.25) is 10.0 Å². The van der Waals surface area contributed by atoms with Crippen LogP contribution >= 0.6 is 23.2 Å². The van der Waals surface area contributed by atoms with E-state index in [2.05, 4.69) is 5.32 Å². The number of amides is 2. The van der Waals surface area contributed by atoms with Crippen LogP contribution in [0.4, 0.5) is 5.69 Å². The Labute approximate surface area is 217 Å². The SMILES string of the molecule is CCNC(=O)[C@@H](C)N(Cc1c(Cl)cccc1Cl)C(=O)CCCN(c1cccc(OC)c1)S(C)(=O)=O. The molecule has 11 heteroatoms. The minimum absolute atomic E-state index is 0.0157. The highest BCUT2D eigenvalue weighted by Crippen LogP contribution is 2.27. The molecule has 2 aromatic carbocycles. The maximum absolute atomic E-state index is 13.3. The van der Waals surface area contributed by atoms with Crippen LogP contribution in [0.1, 0.15) is 32.3 Å². The highest BCUT2D eigenvalue weighted by molar-refractivity contribution is 7.92. The van der Waals surface area contributed by atoms with Crippen molar-refractivity contribution in [3.8, 4) is 5.75 Å². The van der Waals surface area contributed by atoms with Gasteiger partial charge in [0.25, 0.3) is 0 Å². The summed E-state index contributed by atoms with van der Waals surface area (Å²) in [5, 5.41) is 3.50. The number of benzene rings is 2. The molecule has 2 rings (SSSR count). The largest absolute Gasteiger partial charge is 0.497 e. The molecule has 1 atom stereocenters. The molecule has 0 spiro atoms. The summed E-state index contributed by atoms with van der Waals surface area (Å²) in [6.45, 7) is 3.96. The van der Waals surface area contributed by atoms with Crippen molar-refractivity contribution in [2.45, 2.75) is 39.3 Å². The number of methoxy groups -OCH3 is 1. The van der Waals surface area contributed by atoms with Gasteiger partial charge in [0.05, 0.1) is 19.1 Å². The maximum Gasteiger partial charge on any atom is 0.242 e. The fourth-order valence-corrected chi connectivity index (χ4v) is 5.00. The van der Waals surface area contributed by atoms with Crippen molar-refractivity contribution in [2.24, 2.45) is 0 Å². The van der Waals surface area contributed by atoms with E-state index in [-0.39, 0.29) is 37.7 Å². The van der Waals surface area contributed by atoms with Crippen molar-refractivity contribution in [1.29, 1.82) is 0 Å². The molecule has 1 N–H and O–H groups in total. The minimum Gasteiger partial charge on any atom is -0.497 e. The number of rotatable bonds is 12. The molecule has 0 aromatic heterocycles. The normalized spacial score (nSPS) is 12.1. The van der Waals surface area contributed by atoms with Gasteiger partial charge >= 0.3 is 0 Å². The van der Waals surface area contributed by atoms with Gasteiger partial charge in [0, 0.05) is 47.7 Å². The van der Waals surface area contributed by atoms with E-state index < -0.39 is 16.1 Å². The van der Waals surface area contributed by atoms with Gasteiger partial charge in [-0.05, 0) is 44.5 Å². The zero-order valence-electron chi connectivity index (χ0n) is 20.3. The fourth-order valence-electron chi connectivity index (χ4n) is 3.53. The van der Waals surface area contributed by atoms with E-state index in [0.29, 0.717) is 33.6 Å². The third-order valence-electron chi connectivity index (χ3n) is 5.40. The molecule has 0 radical (unpaired) electrons.